The molecule has 23 heavy (non-hydrogen) atoms. The molecule has 3 rings (SSSR count). The molecule has 0 bridgehead atoms. The van der Waals surface area contributed by atoms with E-state index in [1.807, 2.05) is 37.3 Å². The Hall–Kier alpha value is -2.40. The first-order chi connectivity index (χ1) is 11.1. The Morgan fingerprint density at radius 3 is 2.74 bits per heavy atom. The molecular formula is C18H14BrNO3. The maximum absolute atomic E-state index is 11.6. The van der Waals surface area contributed by atoms with Gasteiger partial charge in [-0.15, -0.1) is 0 Å². The molecule has 0 fully saturated rings. The highest BCUT2D eigenvalue weighted by atomic mass is 79.9. The van der Waals surface area contributed by atoms with Crippen LogP contribution in [0.5, 0.6) is 5.75 Å². The SMILES string of the molecule is CCOc1ccccc1-c1cc(C(=O)O)c2cccc(Br)c2n1. The Labute approximate surface area is 141 Å². The minimum absolute atomic E-state index is 0.220. The molecule has 3 aromatic rings. The first kappa shape index (κ1) is 15.5. The highest BCUT2D eigenvalue weighted by molar-refractivity contribution is 9.10. The fourth-order valence-electron chi connectivity index (χ4n) is 2.49. The van der Waals surface area contributed by atoms with E-state index in [1.165, 1.54) is 0 Å². The van der Waals surface area contributed by atoms with Crippen molar-refractivity contribution < 1.29 is 14.6 Å². The maximum Gasteiger partial charge on any atom is 0.336 e. The largest absolute Gasteiger partial charge is 0.493 e. The van der Waals surface area contributed by atoms with Gasteiger partial charge in [0.2, 0.25) is 0 Å². The van der Waals surface area contributed by atoms with E-state index >= 15 is 0 Å². The van der Waals surface area contributed by atoms with Crippen LogP contribution >= 0.6 is 15.9 Å². The fraction of sp³-hybridized carbons (Fsp3) is 0.111. The topological polar surface area (TPSA) is 59.4 Å². The van der Waals surface area contributed by atoms with Gasteiger partial charge >= 0.3 is 5.97 Å². The fourth-order valence-corrected chi connectivity index (χ4v) is 2.94. The molecule has 116 valence electrons. The molecular weight excluding hydrogens is 358 g/mol. The van der Waals surface area contributed by atoms with Crippen LogP contribution in [-0.2, 0) is 0 Å². The average Bonchev–Trinajstić information content (AvgIpc) is 2.55. The number of hydrogen-bond donors (Lipinski definition) is 1. The molecule has 0 saturated carbocycles. The van der Waals surface area contributed by atoms with Gasteiger partial charge in [0.15, 0.2) is 0 Å². The minimum atomic E-state index is -0.981. The number of halogens is 1. The third kappa shape index (κ3) is 2.92. The van der Waals surface area contributed by atoms with Crippen molar-refractivity contribution in [2.45, 2.75) is 6.92 Å². The zero-order valence-corrected chi connectivity index (χ0v) is 14.0. The summed E-state index contributed by atoms with van der Waals surface area (Å²) in [5, 5.41) is 10.1. The molecule has 0 aliphatic carbocycles. The molecule has 1 aromatic heterocycles. The third-order valence-electron chi connectivity index (χ3n) is 3.48. The number of ether oxygens (including phenoxy) is 1. The first-order valence-corrected chi connectivity index (χ1v) is 7.96. The standard InChI is InChI=1S/C18H14BrNO3/c1-2-23-16-9-4-3-6-12(16)15-10-13(18(21)22)11-7-5-8-14(19)17(11)20-15/h3-10H,2H2,1H3,(H,21,22). The second-order valence-corrected chi connectivity index (χ2v) is 5.78. The number of hydrogen-bond acceptors (Lipinski definition) is 3. The molecule has 1 heterocycles. The van der Waals surface area contributed by atoms with Crippen LogP contribution in [0.2, 0.25) is 0 Å². The number of benzene rings is 2. The van der Waals surface area contributed by atoms with Crippen molar-refractivity contribution in [2.75, 3.05) is 6.61 Å². The van der Waals surface area contributed by atoms with Crippen LogP contribution in [0.1, 0.15) is 17.3 Å². The second-order valence-electron chi connectivity index (χ2n) is 4.93. The molecule has 5 heteroatoms. The molecule has 0 aliphatic heterocycles. The zero-order chi connectivity index (χ0) is 16.4. The van der Waals surface area contributed by atoms with Crippen molar-refractivity contribution in [3.8, 4) is 17.0 Å². The summed E-state index contributed by atoms with van der Waals surface area (Å²) in [6.45, 7) is 2.43. The van der Waals surface area contributed by atoms with E-state index in [1.54, 1.807) is 18.2 Å². The Balaban J connectivity index is 2.31. The van der Waals surface area contributed by atoms with E-state index in [2.05, 4.69) is 20.9 Å². The van der Waals surface area contributed by atoms with Crippen LogP contribution < -0.4 is 4.74 Å². The molecule has 4 nitrogen and oxygen atoms in total. The van der Waals surface area contributed by atoms with Crippen LogP contribution in [0.25, 0.3) is 22.2 Å². The van der Waals surface area contributed by atoms with Gasteiger partial charge in [-0.3, -0.25) is 0 Å². The minimum Gasteiger partial charge on any atom is -0.493 e. The predicted molar refractivity (Wildman–Crippen MR) is 93.0 cm³/mol. The van der Waals surface area contributed by atoms with Crippen molar-refractivity contribution in [3.05, 3.63) is 58.6 Å². The molecule has 0 saturated heterocycles. The Morgan fingerprint density at radius 2 is 2.00 bits per heavy atom. The van der Waals surface area contributed by atoms with Crippen molar-refractivity contribution in [2.24, 2.45) is 0 Å². The van der Waals surface area contributed by atoms with Crippen LogP contribution in [0.15, 0.2) is 53.0 Å². The summed E-state index contributed by atoms with van der Waals surface area (Å²) in [5.41, 5.74) is 2.19. The highest BCUT2D eigenvalue weighted by Crippen LogP contribution is 2.33. The van der Waals surface area contributed by atoms with Crippen molar-refractivity contribution in [1.29, 1.82) is 0 Å². The van der Waals surface area contributed by atoms with Gasteiger partial charge in [0.25, 0.3) is 0 Å². The van der Waals surface area contributed by atoms with Gasteiger partial charge in [-0.05, 0) is 47.1 Å². The molecule has 0 aliphatic rings. The number of carboxylic acid groups (broad SMARTS) is 1. The highest BCUT2D eigenvalue weighted by Gasteiger charge is 2.16. The van der Waals surface area contributed by atoms with E-state index in [9.17, 15) is 9.90 Å². The van der Waals surface area contributed by atoms with E-state index in [0.29, 0.717) is 29.0 Å². The Kier molecular flexibility index (Phi) is 4.30. The lowest BCUT2D eigenvalue weighted by Gasteiger charge is -2.12. The molecule has 0 unspecified atom stereocenters. The quantitative estimate of drug-likeness (QED) is 0.717. The number of rotatable bonds is 4. The van der Waals surface area contributed by atoms with Gasteiger partial charge in [0, 0.05) is 15.4 Å². The van der Waals surface area contributed by atoms with Crippen molar-refractivity contribution >= 4 is 32.8 Å². The molecule has 1 N–H and O–H groups in total. The molecule has 0 amide bonds. The average molecular weight is 372 g/mol. The molecule has 0 spiro atoms. The summed E-state index contributed by atoms with van der Waals surface area (Å²) in [6.07, 6.45) is 0. The van der Waals surface area contributed by atoms with E-state index in [-0.39, 0.29) is 5.56 Å². The number of pyridine rings is 1. The smallest absolute Gasteiger partial charge is 0.336 e. The predicted octanol–water partition coefficient (Wildman–Crippen LogP) is 4.76. The number of fused-ring (bicyclic) bond motifs is 1. The number of para-hydroxylation sites is 2. The lowest BCUT2D eigenvalue weighted by Crippen LogP contribution is -2.01. The zero-order valence-electron chi connectivity index (χ0n) is 12.4. The van der Waals surface area contributed by atoms with E-state index in [4.69, 9.17) is 4.74 Å². The van der Waals surface area contributed by atoms with Crippen molar-refractivity contribution in [3.63, 3.8) is 0 Å². The number of carboxylic acids is 1. The summed E-state index contributed by atoms with van der Waals surface area (Å²) < 4.78 is 6.39. The number of nitrogens with zero attached hydrogens (tertiary/aromatic N) is 1. The van der Waals surface area contributed by atoms with Crippen LogP contribution in [0.3, 0.4) is 0 Å². The summed E-state index contributed by atoms with van der Waals surface area (Å²) in [4.78, 5) is 16.3. The summed E-state index contributed by atoms with van der Waals surface area (Å²) in [7, 11) is 0. The van der Waals surface area contributed by atoms with E-state index in [0.717, 1.165) is 10.0 Å². The summed E-state index contributed by atoms with van der Waals surface area (Å²) in [6, 6.07) is 14.5. The van der Waals surface area contributed by atoms with Gasteiger partial charge in [0.05, 0.1) is 23.4 Å². The van der Waals surface area contributed by atoms with Crippen LogP contribution in [0, 0.1) is 0 Å². The molecule has 2 aromatic carbocycles. The number of aromatic carboxylic acids is 1. The normalized spacial score (nSPS) is 10.7. The van der Waals surface area contributed by atoms with Gasteiger partial charge in [-0.2, -0.15) is 0 Å². The second kappa shape index (κ2) is 6.38. The monoisotopic (exact) mass is 371 g/mol. The molecule has 0 atom stereocenters. The summed E-state index contributed by atoms with van der Waals surface area (Å²) >= 11 is 3.45. The Bertz CT molecular complexity index is 893. The molecule has 0 radical (unpaired) electrons. The third-order valence-corrected chi connectivity index (χ3v) is 4.12. The van der Waals surface area contributed by atoms with Crippen LogP contribution in [0.4, 0.5) is 0 Å². The van der Waals surface area contributed by atoms with Crippen LogP contribution in [-0.4, -0.2) is 22.7 Å². The van der Waals surface area contributed by atoms with Gasteiger partial charge in [-0.25, -0.2) is 9.78 Å². The van der Waals surface area contributed by atoms with E-state index < -0.39 is 5.97 Å². The summed E-state index contributed by atoms with van der Waals surface area (Å²) in [5.74, 6) is -0.295. The van der Waals surface area contributed by atoms with Gasteiger partial charge in [0.1, 0.15) is 5.75 Å². The van der Waals surface area contributed by atoms with Gasteiger partial charge in [-0.1, -0.05) is 24.3 Å². The maximum atomic E-state index is 11.6. The number of carbonyl (C=O) groups is 1. The lowest BCUT2D eigenvalue weighted by molar-refractivity contribution is 0.0699. The van der Waals surface area contributed by atoms with Gasteiger partial charge < -0.3 is 9.84 Å². The number of aromatic nitrogens is 1. The lowest BCUT2D eigenvalue weighted by atomic mass is 10.0. The first-order valence-electron chi connectivity index (χ1n) is 7.16. The van der Waals surface area contributed by atoms with Crippen molar-refractivity contribution in [1.82, 2.24) is 4.98 Å². The Morgan fingerprint density at radius 1 is 1.22 bits per heavy atom.